The van der Waals surface area contributed by atoms with E-state index in [9.17, 15) is 0 Å². The number of hydrogen-bond donors (Lipinski definition) is 1. The topological polar surface area (TPSA) is 29.3 Å². The van der Waals surface area contributed by atoms with Crippen LogP contribution in [0.3, 0.4) is 0 Å². The van der Waals surface area contributed by atoms with E-state index in [0.717, 1.165) is 5.92 Å². The molecular formula is C13H26N2. The van der Waals surface area contributed by atoms with Crippen molar-refractivity contribution in [1.82, 2.24) is 4.90 Å². The third kappa shape index (κ3) is 1.94. The molecule has 1 spiro atoms. The minimum Gasteiger partial charge on any atom is -0.327 e. The maximum Gasteiger partial charge on any atom is 0.0122 e. The smallest absolute Gasteiger partial charge is 0.0122 e. The molecule has 1 heterocycles. The minimum absolute atomic E-state index is 0.465. The van der Waals surface area contributed by atoms with Crippen molar-refractivity contribution in [3.63, 3.8) is 0 Å². The molecule has 88 valence electrons. The fourth-order valence-electron chi connectivity index (χ4n) is 3.53. The van der Waals surface area contributed by atoms with Crippen molar-refractivity contribution in [3.8, 4) is 0 Å². The lowest BCUT2D eigenvalue weighted by molar-refractivity contribution is 0.0718. The van der Waals surface area contributed by atoms with E-state index in [1.165, 1.54) is 38.8 Å². The molecule has 15 heavy (non-hydrogen) atoms. The van der Waals surface area contributed by atoms with Gasteiger partial charge in [-0.1, -0.05) is 6.92 Å². The van der Waals surface area contributed by atoms with E-state index in [2.05, 4.69) is 25.7 Å². The summed E-state index contributed by atoms with van der Waals surface area (Å²) in [5.41, 5.74) is 6.90. The zero-order valence-corrected chi connectivity index (χ0v) is 10.5. The third-order valence-corrected chi connectivity index (χ3v) is 4.94. The van der Waals surface area contributed by atoms with Crippen LogP contribution in [0.4, 0.5) is 0 Å². The summed E-state index contributed by atoms with van der Waals surface area (Å²) >= 11 is 0. The second-order valence-corrected chi connectivity index (χ2v) is 6.03. The van der Waals surface area contributed by atoms with Gasteiger partial charge >= 0.3 is 0 Å². The van der Waals surface area contributed by atoms with Crippen LogP contribution in [0.1, 0.15) is 46.5 Å². The first-order valence-corrected chi connectivity index (χ1v) is 6.55. The molecule has 2 atom stereocenters. The Morgan fingerprint density at radius 3 is 2.20 bits per heavy atom. The molecule has 2 aliphatic rings. The van der Waals surface area contributed by atoms with Gasteiger partial charge < -0.3 is 10.6 Å². The molecule has 1 aliphatic carbocycles. The zero-order valence-electron chi connectivity index (χ0n) is 10.5. The Morgan fingerprint density at radius 2 is 1.80 bits per heavy atom. The zero-order chi connectivity index (χ0) is 11.1. The molecule has 0 aromatic carbocycles. The predicted molar refractivity (Wildman–Crippen MR) is 64.7 cm³/mol. The van der Waals surface area contributed by atoms with Gasteiger partial charge in [0.1, 0.15) is 0 Å². The summed E-state index contributed by atoms with van der Waals surface area (Å²) in [5, 5.41) is 0. The quantitative estimate of drug-likeness (QED) is 0.719. The van der Waals surface area contributed by atoms with Crippen LogP contribution in [0.25, 0.3) is 0 Å². The van der Waals surface area contributed by atoms with Gasteiger partial charge in [0.25, 0.3) is 0 Å². The molecule has 1 saturated carbocycles. The predicted octanol–water partition coefficient (Wildman–Crippen LogP) is 2.23. The SMILES string of the molecule is CC(C)N1CCC2(CC[C@H](C)[C@@H]2N)CC1. The highest BCUT2D eigenvalue weighted by Crippen LogP contribution is 2.47. The number of nitrogens with zero attached hydrogens (tertiary/aromatic N) is 1. The Morgan fingerprint density at radius 1 is 1.20 bits per heavy atom. The fourth-order valence-corrected chi connectivity index (χ4v) is 3.53. The molecule has 0 aromatic rings. The lowest BCUT2D eigenvalue weighted by atomic mass is 9.73. The van der Waals surface area contributed by atoms with Crippen LogP contribution in [0, 0.1) is 11.3 Å². The Labute approximate surface area is 94.2 Å². The van der Waals surface area contributed by atoms with Crippen molar-refractivity contribution in [2.24, 2.45) is 17.1 Å². The molecule has 2 heteroatoms. The molecule has 0 unspecified atom stereocenters. The fraction of sp³-hybridized carbons (Fsp3) is 1.00. The van der Waals surface area contributed by atoms with Crippen LogP contribution >= 0.6 is 0 Å². The lowest BCUT2D eigenvalue weighted by Crippen LogP contribution is -2.49. The van der Waals surface area contributed by atoms with Crippen molar-refractivity contribution in [2.75, 3.05) is 13.1 Å². The lowest BCUT2D eigenvalue weighted by Gasteiger charge is -2.44. The summed E-state index contributed by atoms with van der Waals surface area (Å²) in [7, 11) is 0. The van der Waals surface area contributed by atoms with Crippen molar-refractivity contribution < 1.29 is 0 Å². The van der Waals surface area contributed by atoms with E-state index in [-0.39, 0.29) is 0 Å². The van der Waals surface area contributed by atoms with Gasteiger partial charge in [-0.05, 0) is 64.0 Å². The highest BCUT2D eigenvalue weighted by molar-refractivity contribution is 5.00. The first kappa shape index (κ1) is 11.4. The molecule has 1 aliphatic heterocycles. The summed E-state index contributed by atoms with van der Waals surface area (Å²) in [6.45, 7) is 9.45. The van der Waals surface area contributed by atoms with Gasteiger partial charge in [0.05, 0.1) is 0 Å². The molecule has 2 nitrogen and oxygen atoms in total. The maximum absolute atomic E-state index is 6.39. The molecule has 0 amide bonds. The number of piperidine rings is 1. The van der Waals surface area contributed by atoms with E-state index < -0.39 is 0 Å². The Balaban J connectivity index is 1.98. The van der Waals surface area contributed by atoms with Crippen molar-refractivity contribution in [2.45, 2.75) is 58.5 Å². The van der Waals surface area contributed by atoms with Crippen molar-refractivity contribution in [3.05, 3.63) is 0 Å². The molecule has 1 saturated heterocycles. The monoisotopic (exact) mass is 210 g/mol. The normalized spacial score (nSPS) is 36.6. The number of nitrogens with two attached hydrogens (primary N) is 1. The van der Waals surface area contributed by atoms with Gasteiger partial charge in [-0.25, -0.2) is 0 Å². The van der Waals surface area contributed by atoms with Gasteiger partial charge in [0, 0.05) is 12.1 Å². The Kier molecular flexibility index (Phi) is 3.09. The van der Waals surface area contributed by atoms with Crippen LogP contribution in [-0.4, -0.2) is 30.1 Å². The molecule has 2 N–H and O–H groups in total. The van der Waals surface area contributed by atoms with E-state index in [1.807, 2.05) is 0 Å². The molecule has 0 aromatic heterocycles. The molecule has 2 rings (SSSR count). The average molecular weight is 210 g/mol. The third-order valence-electron chi connectivity index (χ3n) is 4.94. The second kappa shape index (κ2) is 4.06. The summed E-state index contributed by atoms with van der Waals surface area (Å²) < 4.78 is 0. The van der Waals surface area contributed by atoms with Crippen molar-refractivity contribution >= 4 is 0 Å². The van der Waals surface area contributed by atoms with Crippen LogP contribution in [-0.2, 0) is 0 Å². The number of rotatable bonds is 1. The molecule has 0 radical (unpaired) electrons. The summed E-state index contributed by atoms with van der Waals surface area (Å²) in [6.07, 6.45) is 5.39. The van der Waals surface area contributed by atoms with E-state index >= 15 is 0 Å². The van der Waals surface area contributed by atoms with Crippen LogP contribution in [0.2, 0.25) is 0 Å². The standard InChI is InChI=1S/C13H26N2/c1-10(2)15-8-6-13(7-9-15)5-4-11(3)12(13)14/h10-12H,4-9,14H2,1-3H3/t11-,12-/m0/s1. The van der Waals surface area contributed by atoms with Gasteiger partial charge in [-0.2, -0.15) is 0 Å². The first-order chi connectivity index (χ1) is 7.05. The molecule has 2 fully saturated rings. The van der Waals surface area contributed by atoms with Gasteiger partial charge in [0.15, 0.2) is 0 Å². The first-order valence-electron chi connectivity index (χ1n) is 6.55. The molecule has 0 bridgehead atoms. The van der Waals surface area contributed by atoms with Gasteiger partial charge in [-0.15, -0.1) is 0 Å². The molecular weight excluding hydrogens is 184 g/mol. The highest BCUT2D eigenvalue weighted by atomic mass is 15.2. The minimum atomic E-state index is 0.465. The van der Waals surface area contributed by atoms with Crippen LogP contribution < -0.4 is 5.73 Å². The Bertz CT molecular complexity index is 217. The summed E-state index contributed by atoms with van der Waals surface area (Å²) in [5.74, 6) is 0.746. The van der Waals surface area contributed by atoms with Crippen molar-refractivity contribution in [1.29, 1.82) is 0 Å². The van der Waals surface area contributed by atoms with Gasteiger partial charge in [0.2, 0.25) is 0 Å². The average Bonchev–Trinajstić information content (AvgIpc) is 2.48. The van der Waals surface area contributed by atoms with Crippen LogP contribution in [0.15, 0.2) is 0 Å². The largest absolute Gasteiger partial charge is 0.327 e. The number of likely N-dealkylation sites (tertiary alicyclic amines) is 1. The maximum atomic E-state index is 6.39. The second-order valence-electron chi connectivity index (χ2n) is 6.03. The number of hydrogen-bond acceptors (Lipinski definition) is 2. The van der Waals surface area contributed by atoms with Gasteiger partial charge in [-0.3, -0.25) is 0 Å². The van der Waals surface area contributed by atoms with E-state index in [1.54, 1.807) is 0 Å². The highest BCUT2D eigenvalue weighted by Gasteiger charge is 2.46. The summed E-state index contributed by atoms with van der Waals surface area (Å²) in [6, 6.07) is 1.17. The van der Waals surface area contributed by atoms with Crippen LogP contribution in [0.5, 0.6) is 0 Å². The van der Waals surface area contributed by atoms with E-state index in [0.29, 0.717) is 17.5 Å². The summed E-state index contributed by atoms with van der Waals surface area (Å²) in [4.78, 5) is 2.60. The van der Waals surface area contributed by atoms with E-state index in [4.69, 9.17) is 5.73 Å². The Hall–Kier alpha value is -0.0800.